The topological polar surface area (TPSA) is 64.6 Å². The number of ether oxygens (including phenoxy) is 2. The van der Waals surface area contributed by atoms with E-state index in [-0.39, 0.29) is 46.5 Å². The van der Waals surface area contributed by atoms with E-state index in [0.29, 0.717) is 12.3 Å². The molecule has 0 aromatic heterocycles. The van der Waals surface area contributed by atoms with Crippen molar-refractivity contribution in [2.45, 2.75) is 24.0 Å². The lowest BCUT2D eigenvalue weighted by molar-refractivity contribution is -0.145. The van der Waals surface area contributed by atoms with Crippen LogP contribution in [0.15, 0.2) is 54.6 Å². The van der Waals surface area contributed by atoms with E-state index in [1.165, 1.54) is 0 Å². The van der Waals surface area contributed by atoms with Crippen LogP contribution in [0.4, 0.5) is 5.69 Å². The minimum atomic E-state index is -0.324. The molecule has 1 amide bonds. The summed E-state index contributed by atoms with van der Waals surface area (Å²) in [7, 11) is 0. The highest BCUT2D eigenvalue weighted by atomic mass is 79.9. The quantitative estimate of drug-likeness (QED) is 0.566. The molecule has 0 radical (unpaired) electrons. The highest BCUT2D eigenvalue weighted by molar-refractivity contribution is 9.09. The molecule has 1 saturated heterocycles. The van der Waals surface area contributed by atoms with E-state index in [2.05, 4.69) is 21.2 Å². The summed E-state index contributed by atoms with van der Waals surface area (Å²) in [6.07, 6.45) is 0.814. The number of benzene rings is 2. The number of carbonyl (C=O) groups is 2. The fraction of sp³-hybridized carbons (Fsp3) is 0.364. The number of nitrogens with one attached hydrogen (secondary N) is 1. The Morgan fingerprint density at radius 2 is 1.86 bits per heavy atom. The molecule has 0 spiro atoms. The molecule has 2 aliphatic carbocycles. The van der Waals surface area contributed by atoms with Crippen molar-refractivity contribution in [3.63, 3.8) is 0 Å². The zero-order chi connectivity index (χ0) is 19.3. The number of anilines is 1. The standard InChI is InChI=1S/C22H20BrNO4/c23-19-15-10-16-18(22(26)28-20(16)19)17(15)21(25)24-13-6-8-14(9-7-13)27-11-12-4-2-1-3-5-12/h1-9,15-20H,10-11H2,(H,24,25)/t15-,16-,17-,18-,19+,20+/m1/s1. The maximum absolute atomic E-state index is 12.9. The number of fused-ring (bicyclic) bond motifs is 1. The van der Waals surface area contributed by atoms with Crippen molar-refractivity contribution in [2.24, 2.45) is 23.7 Å². The van der Waals surface area contributed by atoms with E-state index in [0.717, 1.165) is 17.7 Å². The Morgan fingerprint density at radius 3 is 2.61 bits per heavy atom. The number of alkyl halides is 1. The number of rotatable bonds is 5. The van der Waals surface area contributed by atoms with Gasteiger partial charge >= 0.3 is 5.97 Å². The summed E-state index contributed by atoms with van der Waals surface area (Å²) in [5.41, 5.74) is 1.80. The SMILES string of the molecule is O=C(Nc1ccc(OCc2ccccc2)cc1)[C@@H]1[C@H]2C[C@H]3[C@H](OC(=O)[C@H]31)[C@H]2Br. The van der Waals surface area contributed by atoms with Crippen molar-refractivity contribution < 1.29 is 19.1 Å². The second-order valence-corrected chi connectivity index (χ2v) is 8.81. The van der Waals surface area contributed by atoms with E-state index in [9.17, 15) is 9.59 Å². The Bertz CT molecular complexity index is 901. The average Bonchev–Trinajstić information content (AvgIpc) is 3.32. The van der Waals surface area contributed by atoms with Crippen molar-refractivity contribution in [1.29, 1.82) is 0 Å². The Morgan fingerprint density at radius 1 is 1.11 bits per heavy atom. The first kappa shape index (κ1) is 17.7. The van der Waals surface area contributed by atoms with Crippen molar-refractivity contribution in [2.75, 3.05) is 5.32 Å². The summed E-state index contributed by atoms with van der Waals surface area (Å²) < 4.78 is 11.3. The van der Waals surface area contributed by atoms with Crippen LogP contribution >= 0.6 is 15.9 Å². The molecule has 28 heavy (non-hydrogen) atoms. The maximum atomic E-state index is 12.9. The summed E-state index contributed by atoms with van der Waals surface area (Å²) in [5.74, 6) is 0.129. The lowest BCUT2D eigenvalue weighted by atomic mass is 9.79. The lowest BCUT2D eigenvalue weighted by Crippen LogP contribution is -2.40. The van der Waals surface area contributed by atoms with Gasteiger partial charge in [-0.1, -0.05) is 46.3 Å². The van der Waals surface area contributed by atoms with Crippen LogP contribution in [0.5, 0.6) is 5.75 Å². The molecule has 5 rings (SSSR count). The van der Waals surface area contributed by atoms with Gasteiger partial charge in [-0.2, -0.15) is 0 Å². The van der Waals surface area contributed by atoms with Crippen LogP contribution in [-0.4, -0.2) is 22.8 Å². The number of esters is 1. The Balaban J connectivity index is 1.23. The van der Waals surface area contributed by atoms with Crippen LogP contribution in [0.3, 0.4) is 0 Å². The lowest BCUT2D eigenvalue weighted by Gasteiger charge is -2.27. The average molecular weight is 442 g/mol. The molecule has 1 heterocycles. The second-order valence-electron chi connectivity index (χ2n) is 7.75. The van der Waals surface area contributed by atoms with Gasteiger partial charge in [-0.25, -0.2) is 0 Å². The number of carbonyl (C=O) groups excluding carboxylic acids is 2. The van der Waals surface area contributed by atoms with Gasteiger partial charge in [0.2, 0.25) is 5.91 Å². The molecule has 0 unspecified atom stereocenters. The van der Waals surface area contributed by atoms with Gasteiger partial charge in [0.05, 0.1) is 16.7 Å². The summed E-state index contributed by atoms with van der Waals surface area (Å²) in [6.45, 7) is 0.495. The normalized spacial score (nSPS) is 32.2. The van der Waals surface area contributed by atoms with Gasteiger partial charge in [0.15, 0.2) is 0 Å². The van der Waals surface area contributed by atoms with Gasteiger partial charge in [0.1, 0.15) is 18.5 Å². The second kappa shape index (κ2) is 6.92. The zero-order valence-electron chi connectivity index (χ0n) is 15.1. The summed E-state index contributed by atoms with van der Waals surface area (Å²) >= 11 is 3.64. The van der Waals surface area contributed by atoms with Gasteiger partial charge in [-0.15, -0.1) is 0 Å². The largest absolute Gasteiger partial charge is 0.489 e. The number of hydrogen-bond donors (Lipinski definition) is 1. The molecule has 2 aromatic carbocycles. The van der Waals surface area contributed by atoms with E-state index in [4.69, 9.17) is 9.47 Å². The first-order chi connectivity index (χ1) is 13.6. The Kier molecular flexibility index (Phi) is 4.38. The fourth-order valence-corrected chi connectivity index (χ4v) is 5.98. The predicted octanol–water partition coefficient (Wildman–Crippen LogP) is 3.78. The summed E-state index contributed by atoms with van der Waals surface area (Å²) in [4.78, 5) is 25.2. The van der Waals surface area contributed by atoms with Gasteiger partial charge in [0, 0.05) is 11.6 Å². The van der Waals surface area contributed by atoms with Gasteiger partial charge in [-0.05, 0) is 42.2 Å². The van der Waals surface area contributed by atoms with Gasteiger partial charge in [0.25, 0.3) is 0 Å². The summed E-state index contributed by atoms with van der Waals surface area (Å²) in [6, 6.07) is 17.3. The first-order valence-corrected chi connectivity index (χ1v) is 10.5. The van der Waals surface area contributed by atoms with Crippen LogP contribution in [0.1, 0.15) is 12.0 Å². The highest BCUT2D eigenvalue weighted by Gasteiger charge is 2.67. The molecule has 2 bridgehead atoms. The molecule has 1 N–H and O–H groups in total. The zero-order valence-corrected chi connectivity index (χ0v) is 16.7. The molecule has 1 aliphatic heterocycles. The molecular weight excluding hydrogens is 422 g/mol. The van der Waals surface area contributed by atoms with Crippen molar-refractivity contribution >= 4 is 33.5 Å². The monoisotopic (exact) mass is 441 g/mol. The van der Waals surface area contributed by atoms with Gasteiger partial charge < -0.3 is 14.8 Å². The molecule has 3 aliphatic rings. The minimum Gasteiger partial charge on any atom is -0.489 e. The Hall–Kier alpha value is -2.34. The molecule has 3 fully saturated rings. The molecule has 6 heteroatoms. The van der Waals surface area contributed by atoms with E-state index >= 15 is 0 Å². The number of amides is 1. The smallest absolute Gasteiger partial charge is 0.310 e. The van der Waals surface area contributed by atoms with Crippen molar-refractivity contribution in [3.05, 3.63) is 60.2 Å². The molecule has 2 aromatic rings. The number of halogens is 1. The third-order valence-electron chi connectivity index (χ3n) is 6.20. The third kappa shape index (κ3) is 2.91. The van der Waals surface area contributed by atoms with Crippen LogP contribution in [0, 0.1) is 23.7 Å². The molecule has 6 atom stereocenters. The van der Waals surface area contributed by atoms with Crippen LogP contribution < -0.4 is 10.1 Å². The Labute approximate surface area is 171 Å². The first-order valence-electron chi connectivity index (χ1n) is 9.54. The number of hydrogen-bond acceptors (Lipinski definition) is 4. The maximum Gasteiger partial charge on any atom is 0.310 e. The van der Waals surface area contributed by atoms with E-state index in [1.807, 2.05) is 54.6 Å². The van der Waals surface area contributed by atoms with Crippen molar-refractivity contribution in [1.82, 2.24) is 0 Å². The molecule has 5 nitrogen and oxygen atoms in total. The molecular formula is C22H20BrNO4. The molecule has 144 valence electrons. The van der Waals surface area contributed by atoms with Crippen LogP contribution in [0.2, 0.25) is 0 Å². The van der Waals surface area contributed by atoms with Gasteiger partial charge in [-0.3, -0.25) is 9.59 Å². The predicted molar refractivity (Wildman–Crippen MR) is 107 cm³/mol. The minimum absolute atomic E-state index is 0.0624. The van der Waals surface area contributed by atoms with Crippen LogP contribution in [-0.2, 0) is 20.9 Å². The van der Waals surface area contributed by atoms with Crippen molar-refractivity contribution in [3.8, 4) is 5.75 Å². The highest BCUT2D eigenvalue weighted by Crippen LogP contribution is 2.60. The molecule has 2 saturated carbocycles. The van der Waals surface area contributed by atoms with Crippen LogP contribution in [0.25, 0.3) is 0 Å². The van der Waals surface area contributed by atoms with E-state index < -0.39 is 0 Å². The van der Waals surface area contributed by atoms with E-state index in [1.54, 1.807) is 0 Å². The fourth-order valence-electron chi connectivity index (χ4n) is 4.93. The third-order valence-corrected chi connectivity index (χ3v) is 7.40. The summed E-state index contributed by atoms with van der Waals surface area (Å²) in [5, 5.41) is 2.97.